The number of aliphatic hydroxyl groups is 1. The Morgan fingerprint density at radius 2 is 0.944 bits per heavy atom. The summed E-state index contributed by atoms with van der Waals surface area (Å²) in [5.41, 5.74) is 23.5. The first kappa shape index (κ1) is 54.1. The maximum atomic E-state index is 14.6. The van der Waals surface area contributed by atoms with Crippen molar-refractivity contribution in [2.75, 3.05) is 19.6 Å². The quantitative estimate of drug-likeness (QED) is 0.0402. The highest BCUT2D eigenvalue weighted by atomic mass is 16.3. The van der Waals surface area contributed by atoms with E-state index in [1.807, 2.05) is 92.7 Å². The zero-order chi connectivity index (χ0) is 51.6. The summed E-state index contributed by atoms with van der Waals surface area (Å²) in [7, 11) is 0. The topological polar surface area (TPSA) is 353 Å². The van der Waals surface area contributed by atoms with Gasteiger partial charge in [0, 0.05) is 25.9 Å². The normalized spacial score (nSPS) is 21.6. The Labute approximate surface area is 412 Å². The third-order valence-corrected chi connectivity index (χ3v) is 11.8. The van der Waals surface area contributed by atoms with E-state index in [1.165, 1.54) is 6.92 Å². The van der Waals surface area contributed by atoms with E-state index in [0.29, 0.717) is 11.1 Å². The number of benzene rings is 4. The second-order valence-electron chi connectivity index (χ2n) is 18.1. The summed E-state index contributed by atoms with van der Waals surface area (Å²) in [5, 5.41) is 33.1. The molecule has 4 aromatic rings. The number of nitrogens with zero attached hydrogens (tertiary/aromatic N) is 2. The minimum Gasteiger partial charge on any atom is -0.391 e. The molecule has 21 heteroatoms. The summed E-state index contributed by atoms with van der Waals surface area (Å²) >= 11 is 0. The molecule has 0 aliphatic carbocycles. The van der Waals surface area contributed by atoms with E-state index < -0.39 is 90.3 Å². The predicted octanol–water partition coefficient (Wildman–Crippen LogP) is -0.649. The van der Waals surface area contributed by atoms with Crippen molar-refractivity contribution in [1.29, 1.82) is 0 Å². The van der Waals surface area contributed by atoms with Crippen LogP contribution in [-0.2, 0) is 46.4 Å². The summed E-state index contributed by atoms with van der Waals surface area (Å²) in [6.45, 7) is 4.42. The number of fused-ring (bicyclic) bond motifs is 2. The third-order valence-electron chi connectivity index (χ3n) is 11.8. The fraction of sp³-hybridized carbons (Fsp3) is 0.420. The number of nitrogens with one attached hydrogen (secondary N) is 7. The number of carbonyl (C=O) groups is 7. The summed E-state index contributed by atoms with van der Waals surface area (Å²) in [5.74, 6) is -6.20. The molecule has 0 radical (unpaired) electrons. The minimum absolute atomic E-state index is 0.00357. The molecule has 0 saturated carbocycles. The third kappa shape index (κ3) is 17.0. The van der Waals surface area contributed by atoms with Crippen molar-refractivity contribution in [3.05, 3.63) is 96.1 Å². The van der Waals surface area contributed by atoms with Gasteiger partial charge in [-0.25, -0.2) is 0 Å². The molecule has 0 bridgehead atoms. The van der Waals surface area contributed by atoms with Crippen LogP contribution in [0.1, 0.15) is 64.0 Å². The van der Waals surface area contributed by atoms with Gasteiger partial charge in [-0.2, -0.15) is 0 Å². The molecule has 1 aliphatic rings. The Bertz CT molecular complexity index is 2590. The van der Waals surface area contributed by atoms with E-state index in [2.05, 4.69) is 47.2 Å². The van der Waals surface area contributed by atoms with Crippen LogP contribution in [0.5, 0.6) is 0 Å². The van der Waals surface area contributed by atoms with Crippen LogP contribution in [0.25, 0.3) is 21.5 Å². The lowest BCUT2D eigenvalue weighted by Crippen LogP contribution is -2.60. The molecule has 0 spiro atoms. The maximum absolute atomic E-state index is 14.6. The molecule has 1 heterocycles. The van der Waals surface area contributed by atoms with Gasteiger partial charge < -0.3 is 65.3 Å². The molecular formula is C50H67N13O8. The molecule has 16 N–H and O–H groups in total. The SMILES string of the molecule is CC(C)C[C@@H]1NC(=O)[C@H](Cc2ccc3ccccc3c2)NC(=O)[C@H](CCCN=C(N)N)NC(=O)[C@H]([C@@H](C)O)NC(=O)CNC(=O)[C@H](Cc2ccc3ccccc3c2)NC(=O)[C@H](CCCN=C(N)N)NC1=O. The van der Waals surface area contributed by atoms with Crippen LogP contribution in [-0.4, -0.2) is 120 Å². The lowest BCUT2D eigenvalue weighted by atomic mass is 9.98. The molecule has 7 amide bonds. The van der Waals surface area contributed by atoms with Crippen LogP contribution < -0.4 is 60.2 Å². The molecule has 1 aliphatic heterocycles. The summed E-state index contributed by atoms with van der Waals surface area (Å²) in [4.78, 5) is 107. The number of carbonyl (C=O) groups excluding carboxylic acids is 7. The molecule has 1 saturated heterocycles. The largest absolute Gasteiger partial charge is 0.391 e. The van der Waals surface area contributed by atoms with Gasteiger partial charge in [-0.15, -0.1) is 0 Å². The molecule has 21 nitrogen and oxygen atoms in total. The number of aliphatic hydroxyl groups excluding tert-OH is 1. The first-order chi connectivity index (χ1) is 33.9. The van der Waals surface area contributed by atoms with Crippen LogP contribution in [0.4, 0.5) is 0 Å². The number of amides is 7. The first-order valence-corrected chi connectivity index (χ1v) is 23.7. The van der Waals surface area contributed by atoms with Gasteiger partial charge in [0.05, 0.1) is 12.6 Å². The Kier molecular flexibility index (Phi) is 20.0. The molecule has 0 aromatic heterocycles. The van der Waals surface area contributed by atoms with Crippen LogP contribution in [0, 0.1) is 5.92 Å². The molecule has 4 aromatic carbocycles. The van der Waals surface area contributed by atoms with Gasteiger partial charge >= 0.3 is 0 Å². The Hall–Kier alpha value is -7.81. The van der Waals surface area contributed by atoms with Crippen LogP contribution >= 0.6 is 0 Å². The van der Waals surface area contributed by atoms with Gasteiger partial charge in [0.15, 0.2) is 11.9 Å². The van der Waals surface area contributed by atoms with Crippen molar-refractivity contribution >= 4 is 74.8 Å². The average Bonchev–Trinajstić information content (AvgIpc) is 3.32. The van der Waals surface area contributed by atoms with Crippen molar-refractivity contribution in [3.8, 4) is 0 Å². The summed E-state index contributed by atoms with van der Waals surface area (Å²) in [6, 6.07) is 18.1. The minimum atomic E-state index is -1.63. The number of rotatable bonds is 15. The highest BCUT2D eigenvalue weighted by Crippen LogP contribution is 2.19. The lowest BCUT2D eigenvalue weighted by molar-refractivity contribution is -0.136. The van der Waals surface area contributed by atoms with Gasteiger partial charge in [0.25, 0.3) is 0 Å². The van der Waals surface area contributed by atoms with Crippen molar-refractivity contribution in [3.63, 3.8) is 0 Å². The number of guanidine groups is 2. The molecular weight excluding hydrogens is 911 g/mol. The summed E-state index contributed by atoms with van der Waals surface area (Å²) in [6.07, 6.45) is -1.18. The van der Waals surface area contributed by atoms with Crippen molar-refractivity contribution in [1.82, 2.24) is 37.2 Å². The molecule has 1 fully saturated rings. The highest BCUT2D eigenvalue weighted by molar-refractivity contribution is 5.98. The standard InChI is InChI=1S/C50H67N13O8/c1-28(2)22-38-46(69)58-36(14-8-20-55-49(51)52)44(67)61-39(25-30-16-18-32-10-4-6-12-34(32)23-30)43(66)57-27-41(65)63-42(29(3)64)48(71)59-37(15-9-21-56-50(53)54)45(68)62-40(47(70)60-38)26-31-17-19-33-11-5-7-13-35(33)24-31/h4-7,10-13,16-19,23-24,28-29,36-40,42,64H,8-9,14-15,20-22,25-27H2,1-3H3,(H,57,66)(H,58,69)(H,59,71)(H,60,70)(H,61,67)(H,62,68)(H,63,65)(H4,51,52,55)(H4,53,54,56)/t29-,36+,37+,38+,39+,40+,42+/m1/s1. The van der Waals surface area contributed by atoms with E-state index in [1.54, 1.807) is 6.07 Å². The van der Waals surface area contributed by atoms with Gasteiger partial charge in [0.2, 0.25) is 41.4 Å². The molecule has 7 atom stereocenters. The predicted molar refractivity (Wildman–Crippen MR) is 271 cm³/mol. The Morgan fingerprint density at radius 1 is 0.535 bits per heavy atom. The Morgan fingerprint density at radius 3 is 1.41 bits per heavy atom. The van der Waals surface area contributed by atoms with E-state index in [9.17, 15) is 38.7 Å². The van der Waals surface area contributed by atoms with Crippen molar-refractivity contribution in [2.24, 2.45) is 38.8 Å². The highest BCUT2D eigenvalue weighted by Gasteiger charge is 2.35. The fourth-order valence-corrected chi connectivity index (χ4v) is 8.14. The van der Waals surface area contributed by atoms with Gasteiger partial charge in [-0.3, -0.25) is 43.5 Å². The zero-order valence-electron chi connectivity index (χ0n) is 40.3. The van der Waals surface area contributed by atoms with Crippen molar-refractivity contribution in [2.45, 2.75) is 108 Å². The van der Waals surface area contributed by atoms with Crippen molar-refractivity contribution < 1.29 is 38.7 Å². The average molecular weight is 978 g/mol. The van der Waals surface area contributed by atoms with Gasteiger partial charge in [-0.05, 0) is 77.6 Å². The van der Waals surface area contributed by atoms with Gasteiger partial charge in [-0.1, -0.05) is 98.8 Å². The second-order valence-corrected chi connectivity index (χ2v) is 18.1. The maximum Gasteiger partial charge on any atom is 0.245 e. The lowest BCUT2D eigenvalue weighted by Gasteiger charge is -2.28. The monoisotopic (exact) mass is 978 g/mol. The summed E-state index contributed by atoms with van der Waals surface area (Å²) < 4.78 is 0. The molecule has 5 rings (SSSR count). The van der Waals surface area contributed by atoms with Gasteiger partial charge in [0.1, 0.15) is 36.3 Å². The molecule has 0 unspecified atom stereocenters. The van der Waals surface area contributed by atoms with E-state index in [-0.39, 0.29) is 75.9 Å². The first-order valence-electron chi connectivity index (χ1n) is 23.7. The van der Waals surface area contributed by atoms with E-state index >= 15 is 0 Å². The van der Waals surface area contributed by atoms with Crippen LogP contribution in [0.15, 0.2) is 94.9 Å². The number of aliphatic imine (C=N–C) groups is 2. The number of hydrogen-bond donors (Lipinski definition) is 12. The van der Waals surface area contributed by atoms with Crippen LogP contribution in [0.3, 0.4) is 0 Å². The fourth-order valence-electron chi connectivity index (χ4n) is 8.14. The molecule has 71 heavy (non-hydrogen) atoms. The van der Waals surface area contributed by atoms with E-state index in [4.69, 9.17) is 22.9 Å². The second kappa shape index (κ2) is 26.2. The number of hydrogen-bond acceptors (Lipinski definition) is 10. The molecule has 380 valence electrons. The van der Waals surface area contributed by atoms with Crippen LogP contribution in [0.2, 0.25) is 0 Å². The zero-order valence-corrected chi connectivity index (χ0v) is 40.3. The number of nitrogens with two attached hydrogens (primary N) is 4. The van der Waals surface area contributed by atoms with E-state index in [0.717, 1.165) is 21.5 Å². The smallest absolute Gasteiger partial charge is 0.245 e. The Balaban J connectivity index is 1.57.